The highest BCUT2D eigenvalue weighted by Gasteiger charge is 2.30. The maximum absolute atomic E-state index is 12.2. The van der Waals surface area contributed by atoms with Gasteiger partial charge in [0.05, 0.1) is 16.2 Å². The van der Waals surface area contributed by atoms with Crippen molar-refractivity contribution in [2.45, 2.75) is 27.4 Å². The quantitative estimate of drug-likeness (QED) is 0.580. The van der Waals surface area contributed by atoms with Gasteiger partial charge in [-0.3, -0.25) is 9.69 Å². The number of carbonyl (C=O) groups excluding carboxylic acids is 1. The highest BCUT2D eigenvalue weighted by molar-refractivity contribution is 8.26. The number of amides is 1. The summed E-state index contributed by atoms with van der Waals surface area (Å²) in [6, 6.07) is 7.59. The smallest absolute Gasteiger partial charge is 0.266 e. The lowest BCUT2D eigenvalue weighted by Crippen LogP contribution is -2.27. The molecule has 0 unspecified atom stereocenters. The molecule has 1 aromatic heterocycles. The Bertz CT molecular complexity index is 821. The Balaban J connectivity index is 1.68. The number of hydrogen-bond donors (Lipinski definition) is 0. The molecule has 0 atom stereocenters. The van der Waals surface area contributed by atoms with E-state index in [1.807, 2.05) is 51.1 Å². The molecule has 2 heterocycles. The molecule has 1 saturated heterocycles. The number of aromatic nitrogens is 1. The van der Waals surface area contributed by atoms with E-state index >= 15 is 0 Å². The fourth-order valence-electron chi connectivity index (χ4n) is 2.45. The van der Waals surface area contributed by atoms with Gasteiger partial charge in [0, 0.05) is 6.54 Å². The number of benzene rings is 1. The first-order valence-electron chi connectivity index (χ1n) is 7.89. The molecular weight excluding hydrogens is 356 g/mol. The summed E-state index contributed by atoms with van der Waals surface area (Å²) in [5.74, 6) is 1.49. The van der Waals surface area contributed by atoms with Crippen LogP contribution in [0.5, 0.6) is 5.75 Å². The molecule has 5 nitrogen and oxygen atoms in total. The Hall–Kier alpha value is -2.12. The zero-order valence-electron chi connectivity index (χ0n) is 14.2. The number of thiocarbonyl (C=S) groups is 1. The Labute approximate surface area is 156 Å². The van der Waals surface area contributed by atoms with Gasteiger partial charge in [0.2, 0.25) is 0 Å². The van der Waals surface area contributed by atoms with Gasteiger partial charge in [-0.05, 0) is 44.5 Å². The average molecular weight is 374 g/mol. The molecular formula is C18H18N2O3S2. The summed E-state index contributed by atoms with van der Waals surface area (Å²) in [5.41, 5.74) is 2.74. The minimum atomic E-state index is -0.0313. The van der Waals surface area contributed by atoms with Gasteiger partial charge in [0.1, 0.15) is 22.4 Å². The minimum absolute atomic E-state index is 0.0313. The van der Waals surface area contributed by atoms with Crippen LogP contribution in [-0.2, 0) is 11.4 Å². The van der Waals surface area contributed by atoms with Crippen molar-refractivity contribution in [2.75, 3.05) is 6.54 Å². The van der Waals surface area contributed by atoms with Crippen LogP contribution in [-0.4, -0.2) is 26.8 Å². The number of thioether (sulfide) groups is 1. The first-order chi connectivity index (χ1) is 12.0. The Morgan fingerprint density at radius 2 is 2.04 bits per heavy atom. The molecule has 0 N–H and O–H groups in total. The van der Waals surface area contributed by atoms with Crippen LogP contribution in [0, 0.1) is 13.8 Å². The molecule has 1 aliphatic heterocycles. The molecule has 0 spiro atoms. The van der Waals surface area contributed by atoms with E-state index in [9.17, 15) is 4.79 Å². The Morgan fingerprint density at radius 1 is 1.32 bits per heavy atom. The van der Waals surface area contributed by atoms with Gasteiger partial charge in [-0.25, -0.2) is 0 Å². The van der Waals surface area contributed by atoms with E-state index in [0.717, 1.165) is 28.3 Å². The number of nitrogens with zero attached hydrogens (tertiary/aromatic N) is 2. The van der Waals surface area contributed by atoms with Gasteiger partial charge < -0.3 is 9.26 Å². The van der Waals surface area contributed by atoms with Crippen molar-refractivity contribution < 1.29 is 14.1 Å². The predicted octanol–water partition coefficient (Wildman–Crippen LogP) is 4.09. The summed E-state index contributed by atoms with van der Waals surface area (Å²) >= 11 is 6.56. The molecule has 7 heteroatoms. The van der Waals surface area contributed by atoms with E-state index < -0.39 is 0 Å². The summed E-state index contributed by atoms with van der Waals surface area (Å²) in [5, 5.41) is 3.91. The molecule has 3 rings (SSSR count). The SMILES string of the molecule is CCN1C(=O)/C(=C\c2ccc(OCc3c(C)noc3C)cc2)SC1=S. The van der Waals surface area contributed by atoms with E-state index in [1.165, 1.54) is 11.8 Å². The normalized spacial score (nSPS) is 16.1. The highest BCUT2D eigenvalue weighted by Crippen LogP contribution is 2.32. The van der Waals surface area contributed by atoms with Gasteiger partial charge in [-0.15, -0.1) is 0 Å². The van der Waals surface area contributed by atoms with Gasteiger partial charge in [-0.1, -0.05) is 41.3 Å². The van der Waals surface area contributed by atoms with Crippen molar-refractivity contribution in [1.29, 1.82) is 0 Å². The van der Waals surface area contributed by atoms with Crippen molar-refractivity contribution in [3.05, 3.63) is 51.8 Å². The number of likely N-dealkylation sites (N-methyl/N-ethyl adjacent to an activating group) is 1. The summed E-state index contributed by atoms with van der Waals surface area (Å²) in [7, 11) is 0. The molecule has 1 aromatic carbocycles. The number of aryl methyl sites for hydroxylation is 2. The summed E-state index contributed by atoms with van der Waals surface area (Å²) in [6.45, 7) is 6.68. The highest BCUT2D eigenvalue weighted by atomic mass is 32.2. The van der Waals surface area contributed by atoms with Gasteiger partial charge in [0.15, 0.2) is 0 Å². The molecule has 1 amide bonds. The van der Waals surface area contributed by atoms with E-state index in [-0.39, 0.29) is 5.91 Å². The Kier molecular flexibility index (Phi) is 5.24. The fourth-order valence-corrected chi connectivity index (χ4v) is 3.83. The number of ether oxygens (including phenoxy) is 1. The molecule has 1 fully saturated rings. The third-order valence-corrected chi connectivity index (χ3v) is 5.31. The maximum atomic E-state index is 12.2. The lowest BCUT2D eigenvalue weighted by molar-refractivity contribution is -0.121. The monoisotopic (exact) mass is 374 g/mol. The molecule has 0 radical (unpaired) electrons. The molecule has 1 aliphatic rings. The number of hydrogen-bond acceptors (Lipinski definition) is 6. The lowest BCUT2D eigenvalue weighted by Gasteiger charge is -2.09. The zero-order valence-corrected chi connectivity index (χ0v) is 15.9. The first-order valence-corrected chi connectivity index (χ1v) is 9.12. The van der Waals surface area contributed by atoms with Crippen molar-refractivity contribution in [1.82, 2.24) is 10.1 Å². The largest absolute Gasteiger partial charge is 0.489 e. The number of rotatable bonds is 5. The van der Waals surface area contributed by atoms with E-state index in [2.05, 4.69) is 5.16 Å². The second kappa shape index (κ2) is 7.41. The third kappa shape index (κ3) is 3.77. The average Bonchev–Trinajstić information content (AvgIpc) is 3.06. The molecule has 2 aromatic rings. The van der Waals surface area contributed by atoms with Crippen LogP contribution < -0.4 is 4.74 Å². The van der Waals surface area contributed by atoms with Crippen molar-refractivity contribution in [3.8, 4) is 5.75 Å². The second-order valence-electron chi connectivity index (χ2n) is 5.59. The predicted molar refractivity (Wildman–Crippen MR) is 102 cm³/mol. The van der Waals surface area contributed by atoms with Crippen molar-refractivity contribution in [3.63, 3.8) is 0 Å². The van der Waals surface area contributed by atoms with Crippen LogP contribution in [0.3, 0.4) is 0 Å². The van der Waals surface area contributed by atoms with Gasteiger partial charge >= 0.3 is 0 Å². The van der Waals surface area contributed by atoms with Gasteiger partial charge in [-0.2, -0.15) is 0 Å². The van der Waals surface area contributed by atoms with Crippen molar-refractivity contribution >= 4 is 40.3 Å². The standard InChI is InChI=1S/C18H18N2O3S2/c1-4-20-17(21)16(25-18(20)24)9-13-5-7-14(8-6-13)22-10-15-11(2)19-23-12(15)3/h5-9H,4,10H2,1-3H3/b16-9+. The van der Waals surface area contributed by atoms with Crippen LogP contribution in [0.15, 0.2) is 33.7 Å². The van der Waals surface area contributed by atoms with Crippen molar-refractivity contribution in [2.24, 2.45) is 0 Å². The van der Waals surface area contributed by atoms with Crippen LogP contribution >= 0.6 is 24.0 Å². The van der Waals surface area contributed by atoms with E-state index in [0.29, 0.717) is 22.4 Å². The fraction of sp³-hybridized carbons (Fsp3) is 0.278. The topological polar surface area (TPSA) is 55.6 Å². The molecule has 0 aliphatic carbocycles. The van der Waals surface area contributed by atoms with Gasteiger partial charge in [0.25, 0.3) is 5.91 Å². The van der Waals surface area contributed by atoms with E-state index in [4.69, 9.17) is 21.5 Å². The van der Waals surface area contributed by atoms with Crippen LogP contribution in [0.2, 0.25) is 0 Å². The molecule has 0 saturated carbocycles. The third-order valence-electron chi connectivity index (χ3n) is 3.93. The van der Waals surface area contributed by atoms with Crippen LogP contribution in [0.1, 0.15) is 29.5 Å². The minimum Gasteiger partial charge on any atom is -0.489 e. The summed E-state index contributed by atoms with van der Waals surface area (Å²) < 4.78 is 11.5. The molecule has 130 valence electrons. The number of carbonyl (C=O) groups is 1. The first kappa shape index (κ1) is 17.7. The molecule has 25 heavy (non-hydrogen) atoms. The zero-order chi connectivity index (χ0) is 18.0. The van der Waals surface area contributed by atoms with Crippen LogP contribution in [0.4, 0.5) is 0 Å². The lowest BCUT2D eigenvalue weighted by atomic mass is 10.2. The summed E-state index contributed by atoms with van der Waals surface area (Å²) in [4.78, 5) is 14.5. The Morgan fingerprint density at radius 3 is 2.60 bits per heavy atom. The van der Waals surface area contributed by atoms with Crippen LogP contribution in [0.25, 0.3) is 6.08 Å². The maximum Gasteiger partial charge on any atom is 0.266 e. The summed E-state index contributed by atoms with van der Waals surface area (Å²) in [6.07, 6.45) is 1.85. The van der Waals surface area contributed by atoms with E-state index in [1.54, 1.807) is 4.90 Å². The molecule has 0 bridgehead atoms. The second-order valence-corrected chi connectivity index (χ2v) is 7.26.